The third-order valence-corrected chi connectivity index (χ3v) is 4.38. The van der Waals surface area contributed by atoms with Crippen LogP contribution in [-0.4, -0.2) is 50.8 Å². The SMILES string of the molecule is CC(NC(=O)c1cc2c(cn1)[nH]c1ccccc12)C(=O)NC(CC(N)=O)C(=O)O. The summed E-state index contributed by atoms with van der Waals surface area (Å²) in [5, 5.41) is 15.4. The molecule has 2 heterocycles. The van der Waals surface area contributed by atoms with Crippen LogP contribution < -0.4 is 16.4 Å². The molecule has 2 aromatic heterocycles. The number of nitrogens with zero attached hydrogens (tertiary/aromatic N) is 1. The first-order chi connectivity index (χ1) is 13.8. The van der Waals surface area contributed by atoms with E-state index in [2.05, 4.69) is 20.6 Å². The van der Waals surface area contributed by atoms with Crippen molar-refractivity contribution in [3.8, 4) is 0 Å². The van der Waals surface area contributed by atoms with Gasteiger partial charge in [0.15, 0.2) is 0 Å². The van der Waals surface area contributed by atoms with Gasteiger partial charge in [-0.15, -0.1) is 0 Å². The van der Waals surface area contributed by atoms with Crippen molar-refractivity contribution in [1.82, 2.24) is 20.6 Å². The maximum atomic E-state index is 12.5. The highest BCUT2D eigenvalue weighted by atomic mass is 16.4. The molecule has 2 atom stereocenters. The molecule has 1 aromatic carbocycles. The van der Waals surface area contributed by atoms with E-state index in [0.717, 1.165) is 21.8 Å². The van der Waals surface area contributed by atoms with E-state index in [-0.39, 0.29) is 5.69 Å². The van der Waals surface area contributed by atoms with Crippen LogP contribution in [0.3, 0.4) is 0 Å². The molecule has 0 radical (unpaired) electrons. The summed E-state index contributed by atoms with van der Waals surface area (Å²) in [5.74, 6) is -3.63. The van der Waals surface area contributed by atoms with Gasteiger partial charge in [-0.2, -0.15) is 0 Å². The summed E-state index contributed by atoms with van der Waals surface area (Å²) >= 11 is 0. The second kappa shape index (κ2) is 7.97. The van der Waals surface area contributed by atoms with E-state index in [1.807, 2.05) is 24.3 Å². The zero-order valence-corrected chi connectivity index (χ0v) is 15.4. The molecule has 0 aliphatic heterocycles. The molecular formula is C19H19N5O5. The van der Waals surface area contributed by atoms with Crippen LogP contribution in [0.5, 0.6) is 0 Å². The second-order valence-electron chi connectivity index (χ2n) is 6.55. The first-order valence-corrected chi connectivity index (χ1v) is 8.75. The smallest absolute Gasteiger partial charge is 0.326 e. The van der Waals surface area contributed by atoms with Crippen molar-refractivity contribution in [2.24, 2.45) is 5.73 Å². The maximum Gasteiger partial charge on any atom is 0.326 e. The number of pyridine rings is 1. The Labute approximate surface area is 164 Å². The fraction of sp³-hybridized carbons (Fsp3) is 0.211. The fourth-order valence-electron chi connectivity index (χ4n) is 2.91. The van der Waals surface area contributed by atoms with Gasteiger partial charge in [-0.25, -0.2) is 9.78 Å². The van der Waals surface area contributed by atoms with Crippen molar-refractivity contribution < 1.29 is 24.3 Å². The number of rotatable bonds is 7. The lowest BCUT2D eigenvalue weighted by Crippen LogP contribution is -2.51. The van der Waals surface area contributed by atoms with Crippen LogP contribution in [-0.2, 0) is 14.4 Å². The van der Waals surface area contributed by atoms with Crippen molar-refractivity contribution in [1.29, 1.82) is 0 Å². The Hall–Kier alpha value is -3.95. The summed E-state index contributed by atoms with van der Waals surface area (Å²) < 4.78 is 0. The predicted molar refractivity (Wildman–Crippen MR) is 104 cm³/mol. The summed E-state index contributed by atoms with van der Waals surface area (Å²) in [5.41, 5.74) is 6.76. The molecule has 0 bridgehead atoms. The molecule has 3 aromatic rings. The third kappa shape index (κ3) is 4.32. The van der Waals surface area contributed by atoms with E-state index < -0.39 is 42.2 Å². The number of benzene rings is 1. The van der Waals surface area contributed by atoms with Gasteiger partial charge < -0.3 is 26.5 Å². The molecule has 0 saturated carbocycles. The average molecular weight is 397 g/mol. The van der Waals surface area contributed by atoms with E-state index >= 15 is 0 Å². The summed E-state index contributed by atoms with van der Waals surface area (Å²) in [6.45, 7) is 1.39. The van der Waals surface area contributed by atoms with Crippen LogP contribution in [0.25, 0.3) is 21.8 Å². The molecule has 6 N–H and O–H groups in total. The number of nitrogens with two attached hydrogens (primary N) is 1. The number of primary amides is 1. The Morgan fingerprint density at radius 1 is 1.14 bits per heavy atom. The Balaban J connectivity index is 1.73. The lowest BCUT2D eigenvalue weighted by molar-refractivity contribution is -0.143. The van der Waals surface area contributed by atoms with Crippen molar-refractivity contribution in [2.75, 3.05) is 0 Å². The third-order valence-electron chi connectivity index (χ3n) is 4.38. The number of carbonyl (C=O) groups excluding carboxylic acids is 3. The largest absolute Gasteiger partial charge is 0.480 e. The highest BCUT2D eigenvalue weighted by molar-refractivity contribution is 6.09. The van der Waals surface area contributed by atoms with Gasteiger partial charge >= 0.3 is 5.97 Å². The minimum absolute atomic E-state index is 0.105. The number of fused-ring (bicyclic) bond motifs is 3. The van der Waals surface area contributed by atoms with E-state index in [4.69, 9.17) is 10.8 Å². The second-order valence-corrected chi connectivity index (χ2v) is 6.55. The zero-order valence-electron chi connectivity index (χ0n) is 15.4. The summed E-state index contributed by atoms with van der Waals surface area (Å²) in [6, 6.07) is 6.68. The van der Waals surface area contributed by atoms with Crippen LogP contribution in [0.4, 0.5) is 0 Å². The predicted octanol–water partition coefficient (Wildman–Crippen LogP) is 0.279. The van der Waals surface area contributed by atoms with Gasteiger partial charge in [-0.1, -0.05) is 18.2 Å². The van der Waals surface area contributed by atoms with Crippen molar-refractivity contribution in [2.45, 2.75) is 25.4 Å². The number of aromatic nitrogens is 2. The van der Waals surface area contributed by atoms with Crippen LogP contribution >= 0.6 is 0 Å². The van der Waals surface area contributed by atoms with Gasteiger partial charge in [-0.3, -0.25) is 14.4 Å². The van der Waals surface area contributed by atoms with Gasteiger partial charge in [0.2, 0.25) is 11.8 Å². The van der Waals surface area contributed by atoms with E-state index in [0.29, 0.717) is 0 Å². The van der Waals surface area contributed by atoms with E-state index in [1.54, 1.807) is 6.07 Å². The molecule has 3 rings (SSSR count). The molecule has 10 heteroatoms. The normalized spacial score (nSPS) is 13.0. The lowest BCUT2D eigenvalue weighted by Gasteiger charge is -2.17. The standard InChI is InChI=1S/C19H19N5O5/c1-9(17(26)24-14(19(28)29)7-16(20)25)22-18(27)13-6-11-10-4-2-3-5-12(10)23-15(11)8-21-13/h2-6,8-9,14,23H,7H2,1H3,(H2,20,25)(H,22,27)(H,24,26)(H,28,29). The van der Waals surface area contributed by atoms with Gasteiger partial charge in [0.1, 0.15) is 17.8 Å². The Morgan fingerprint density at radius 3 is 2.55 bits per heavy atom. The molecule has 0 aliphatic rings. The van der Waals surface area contributed by atoms with Crippen LogP contribution in [0.15, 0.2) is 36.5 Å². The molecule has 29 heavy (non-hydrogen) atoms. The molecule has 0 aliphatic carbocycles. The summed E-state index contributed by atoms with van der Waals surface area (Å²) in [6.07, 6.45) is 0.975. The van der Waals surface area contributed by atoms with Crippen LogP contribution in [0.1, 0.15) is 23.8 Å². The number of nitrogens with one attached hydrogen (secondary N) is 3. The number of H-pyrrole nitrogens is 1. The molecule has 0 spiro atoms. The Bertz CT molecular complexity index is 1120. The number of aromatic amines is 1. The van der Waals surface area contributed by atoms with Crippen molar-refractivity contribution in [3.05, 3.63) is 42.2 Å². The molecule has 0 fully saturated rings. The summed E-state index contributed by atoms with van der Waals surface area (Å²) in [7, 11) is 0. The van der Waals surface area contributed by atoms with Gasteiger partial charge in [0.25, 0.3) is 5.91 Å². The number of carboxylic acid groups (broad SMARTS) is 1. The van der Waals surface area contributed by atoms with Crippen LogP contribution in [0, 0.1) is 0 Å². The highest BCUT2D eigenvalue weighted by Gasteiger charge is 2.26. The first kappa shape index (κ1) is 19.8. The molecule has 3 amide bonds. The molecule has 10 nitrogen and oxygen atoms in total. The van der Waals surface area contributed by atoms with Gasteiger partial charge in [0, 0.05) is 16.3 Å². The van der Waals surface area contributed by atoms with E-state index in [1.165, 1.54) is 13.1 Å². The Morgan fingerprint density at radius 2 is 1.86 bits per heavy atom. The van der Waals surface area contributed by atoms with Gasteiger partial charge in [0.05, 0.1) is 18.1 Å². The topological polar surface area (TPSA) is 167 Å². The molecule has 0 saturated heterocycles. The van der Waals surface area contributed by atoms with Crippen molar-refractivity contribution in [3.63, 3.8) is 0 Å². The van der Waals surface area contributed by atoms with Crippen molar-refractivity contribution >= 4 is 45.5 Å². The zero-order chi connectivity index (χ0) is 21.1. The van der Waals surface area contributed by atoms with Gasteiger partial charge in [-0.05, 0) is 19.1 Å². The van der Waals surface area contributed by atoms with Crippen LogP contribution in [0.2, 0.25) is 0 Å². The molecule has 150 valence electrons. The number of hydrogen-bond donors (Lipinski definition) is 5. The quantitative estimate of drug-likeness (QED) is 0.384. The lowest BCUT2D eigenvalue weighted by atomic mass is 10.1. The van der Waals surface area contributed by atoms with E-state index in [9.17, 15) is 19.2 Å². The number of carboxylic acids is 1. The number of carbonyl (C=O) groups is 4. The summed E-state index contributed by atoms with van der Waals surface area (Å²) in [4.78, 5) is 54.1. The number of hydrogen-bond acceptors (Lipinski definition) is 5. The fourth-order valence-corrected chi connectivity index (χ4v) is 2.91. The minimum atomic E-state index is -1.47. The number of para-hydroxylation sites is 1. The first-order valence-electron chi connectivity index (χ1n) is 8.75. The minimum Gasteiger partial charge on any atom is -0.480 e. The number of aliphatic carboxylic acids is 1. The maximum absolute atomic E-state index is 12.5. The monoisotopic (exact) mass is 397 g/mol. The Kier molecular flexibility index (Phi) is 5.44. The highest BCUT2D eigenvalue weighted by Crippen LogP contribution is 2.24. The molecular weight excluding hydrogens is 378 g/mol. The average Bonchev–Trinajstić information content (AvgIpc) is 3.04. The number of amides is 3. The molecule has 2 unspecified atom stereocenters.